The van der Waals surface area contributed by atoms with E-state index in [1.54, 1.807) is 0 Å². The van der Waals surface area contributed by atoms with Crippen LogP contribution in [-0.2, 0) is 47.9 Å². The van der Waals surface area contributed by atoms with Crippen molar-refractivity contribution in [2.45, 2.75) is 136 Å². The molecule has 4 bridgehead atoms. The monoisotopic (exact) mass is 913 g/mol. The molecule has 4 aromatic carbocycles. The number of likely N-dealkylation sites (tertiary alicyclic amines) is 2. The first-order valence-corrected chi connectivity index (χ1v) is 25.4. The van der Waals surface area contributed by atoms with Gasteiger partial charge in [-0.15, -0.1) is 0 Å². The summed E-state index contributed by atoms with van der Waals surface area (Å²) in [6.45, 7) is 19.4. The number of hydrogen-bond donors (Lipinski definition) is 1. The Hall–Kier alpha value is -5.35. The summed E-state index contributed by atoms with van der Waals surface area (Å²) in [6, 6.07) is 26.1. The number of nitrogens with zero attached hydrogens (tertiary/aromatic N) is 4. The summed E-state index contributed by atoms with van der Waals surface area (Å²) in [6.07, 6.45) is 5.67. The van der Waals surface area contributed by atoms with E-state index in [1.807, 2.05) is 64.1 Å². The quantitative estimate of drug-likeness (QED) is 0.170. The molecule has 8 aliphatic rings. The van der Waals surface area contributed by atoms with Crippen molar-refractivity contribution in [2.75, 3.05) is 34.3 Å². The number of fused-ring (bicyclic) bond motifs is 6. The van der Waals surface area contributed by atoms with E-state index in [-0.39, 0.29) is 46.4 Å². The molecule has 14 rings (SSSR count). The van der Waals surface area contributed by atoms with Crippen LogP contribution in [0.25, 0.3) is 21.8 Å². The number of esters is 1. The highest BCUT2D eigenvalue weighted by Crippen LogP contribution is 2.73. The molecule has 2 fully saturated rings. The number of para-hydroxylation sites is 2. The number of aliphatic hydroxyl groups excluding tert-OH is 1. The molecule has 2 saturated heterocycles. The summed E-state index contributed by atoms with van der Waals surface area (Å²) in [5.41, 5.74) is 15.7. The van der Waals surface area contributed by atoms with Gasteiger partial charge in [-0.3, -0.25) is 0 Å². The number of aryl methyl sites for hydroxylation is 2. The summed E-state index contributed by atoms with van der Waals surface area (Å²) in [5, 5.41) is 12.4. The summed E-state index contributed by atoms with van der Waals surface area (Å²) >= 11 is 0. The van der Waals surface area contributed by atoms with Gasteiger partial charge >= 0.3 is 5.97 Å². The summed E-state index contributed by atoms with van der Waals surface area (Å²) in [7, 11) is 6.01. The highest BCUT2D eigenvalue weighted by molar-refractivity contribution is 6.05. The van der Waals surface area contributed by atoms with Crippen LogP contribution in [0.5, 0.6) is 11.5 Å². The average Bonchev–Trinajstić information content (AvgIpc) is 3.91. The Morgan fingerprint density at radius 3 is 1.65 bits per heavy atom. The molecular weight excluding hydrogens is 845 g/mol. The molecule has 1 N–H and O–H groups in total. The Kier molecular flexibility index (Phi) is 10.5. The second-order valence-electron chi connectivity index (χ2n) is 21.0. The van der Waals surface area contributed by atoms with Crippen LogP contribution in [0.1, 0.15) is 138 Å². The zero-order valence-electron chi connectivity index (χ0n) is 42.0. The van der Waals surface area contributed by atoms with E-state index in [9.17, 15) is 9.90 Å². The molecule has 0 amide bonds. The normalized spacial score (nSPS) is 30.1. The lowest BCUT2D eigenvalue weighted by atomic mass is 9.44. The number of hydrogen-bond acceptors (Lipinski definition) is 9. The fraction of sp³-hybridized carbons (Fsp3) is 0.475. The molecule has 6 aromatic rings. The number of piperidine rings is 2. The first-order valence-electron chi connectivity index (χ1n) is 25.4. The molecule has 6 heterocycles. The summed E-state index contributed by atoms with van der Waals surface area (Å²) in [4.78, 5) is 28.7. The smallest absolute Gasteiger partial charge is 0.338 e. The molecule has 0 saturated carbocycles. The van der Waals surface area contributed by atoms with Crippen molar-refractivity contribution >= 4 is 27.8 Å². The van der Waals surface area contributed by atoms with Gasteiger partial charge in [0, 0.05) is 44.8 Å². The van der Waals surface area contributed by atoms with Crippen LogP contribution in [0.4, 0.5) is 0 Å². The lowest BCUT2D eigenvalue weighted by Crippen LogP contribution is -2.68. The molecule has 68 heavy (non-hydrogen) atoms. The molecule has 2 spiro atoms. The van der Waals surface area contributed by atoms with E-state index in [0.29, 0.717) is 17.6 Å². The molecule has 2 aromatic heterocycles. The maximum Gasteiger partial charge on any atom is 0.338 e. The zero-order chi connectivity index (χ0) is 47.8. The minimum absolute atomic E-state index is 0.0395. The van der Waals surface area contributed by atoms with Gasteiger partial charge in [0.2, 0.25) is 0 Å². The molecule has 0 radical (unpaired) electrons. The Labute approximate surface area is 402 Å². The number of methoxy groups -OCH3 is 1. The van der Waals surface area contributed by atoms with Gasteiger partial charge < -0.3 is 29.1 Å². The van der Waals surface area contributed by atoms with Crippen molar-refractivity contribution in [1.82, 2.24) is 19.8 Å². The number of pyridine rings is 2. The Morgan fingerprint density at radius 2 is 1.15 bits per heavy atom. The van der Waals surface area contributed by atoms with Gasteiger partial charge in [-0.2, -0.15) is 0 Å². The van der Waals surface area contributed by atoms with Crippen LogP contribution < -0.4 is 9.47 Å². The Balaban J connectivity index is 0.000000139. The van der Waals surface area contributed by atoms with Crippen LogP contribution in [0, 0.1) is 24.7 Å². The van der Waals surface area contributed by atoms with Crippen LogP contribution in [-0.4, -0.2) is 77.2 Å². The number of aliphatic hydroxyl groups is 1. The largest absolute Gasteiger partial charge is 0.483 e. The van der Waals surface area contributed by atoms with Gasteiger partial charge in [0.05, 0.1) is 52.5 Å². The Bertz CT molecular complexity index is 3080. The van der Waals surface area contributed by atoms with E-state index < -0.39 is 0 Å². The summed E-state index contributed by atoms with van der Waals surface area (Å²) in [5.74, 6) is 1.87. The zero-order valence-corrected chi connectivity index (χ0v) is 42.0. The van der Waals surface area contributed by atoms with Crippen LogP contribution in [0.15, 0.2) is 72.8 Å². The van der Waals surface area contributed by atoms with Gasteiger partial charge in [0.25, 0.3) is 0 Å². The van der Waals surface area contributed by atoms with Crippen LogP contribution in [0.3, 0.4) is 0 Å². The number of carbonyl (C=O) groups is 1. The SMILES string of the molecule is CC.CC.COC(=O)c1c2c(nc3ccccc13)C1Oc3c(C)ccc4c3[C@@]13CCN(C)[C@H](C4)[C@]3(C)C2.Cc1ccc2c3c1O[C@H]1c4nc5ccccc5c(CO)c4C[C@@]4(C)[C@@H](C2)N(C)CC[C@]314. The standard InChI is InChI=1S/C28H28N2O3.C27H28N2O2.2C2H6/c1-15-9-10-16-13-20-27(2)14-18-21(26(31)32-4)17-7-5-6-8-19(17)29-23(18)25-28(27,11-12-30(20)3)22(16)24(15)33-25;1-15-8-9-16-12-21-26(2)13-18-19(14-30)17-6-4-5-7-20(17)28-23(18)25-27(26,10-11-29(21)3)22(16)24(15)31-25;2*1-2/h5-10,20,25H,11-14H2,1-4H3;4-9,21,25,30H,10-14H2,1-3H3;2*1-2H3/t20-,25?,27+,28+;21-,25+,26+,27+;;/m11../s1. The first-order chi connectivity index (χ1) is 32.9. The highest BCUT2D eigenvalue weighted by atomic mass is 16.5. The van der Waals surface area contributed by atoms with Gasteiger partial charge in [-0.1, -0.05) is 102 Å². The van der Waals surface area contributed by atoms with Gasteiger partial charge in [-0.05, 0) is 131 Å². The van der Waals surface area contributed by atoms with E-state index in [2.05, 4.69) is 88.0 Å². The highest BCUT2D eigenvalue weighted by Gasteiger charge is 2.72. The minimum atomic E-state index is -0.286. The molecule has 354 valence electrons. The molecular formula is C59H68N4O5. The van der Waals surface area contributed by atoms with E-state index in [0.717, 1.165) is 107 Å². The molecule has 9 nitrogen and oxygen atoms in total. The third-order valence-corrected chi connectivity index (χ3v) is 18.6. The first kappa shape index (κ1) is 45.1. The van der Waals surface area contributed by atoms with E-state index in [4.69, 9.17) is 24.2 Å². The lowest BCUT2D eigenvalue weighted by Gasteiger charge is -2.64. The molecule has 8 atom stereocenters. The van der Waals surface area contributed by atoms with Gasteiger partial charge in [0.15, 0.2) is 12.2 Å². The second kappa shape index (κ2) is 15.8. The van der Waals surface area contributed by atoms with Crippen molar-refractivity contribution in [1.29, 1.82) is 0 Å². The topological polar surface area (TPSA) is 97.2 Å². The van der Waals surface area contributed by atoms with Crippen molar-refractivity contribution < 1.29 is 24.1 Å². The molecule has 9 heteroatoms. The number of rotatable bonds is 2. The number of likely N-dealkylation sites (N-methyl/N-ethyl adjacent to an activating group) is 2. The minimum Gasteiger partial charge on any atom is -0.483 e. The van der Waals surface area contributed by atoms with E-state index >= 15 is 0 Å². The van der Waals surface area contributed by atoms with Crippen LogP contribution >= 0.6 is 0 Å². The summed E-state index contributed by atoms with van der Waals surface area (Å²) < 4.78 is 19.2. The Morgan fingerprint density at radius 1 is 0.691 bits per heavy atom. The maximum absolute atomic E-state index is 13.2. The predicted molar refractivity (Wildman–Crippen MR) is 269 cm³/mol. The average molecular weight is 913 g/mol. The number of ether oxygens (including phenoxy) is 3. The maximum atomic E-state index is 13.2. The van der Waals surface area contributed by atoms with Crippen LogP contribution in [0.2, 0.25) is 0 Å². The van der Waals surface area contributed by atoms with Gasteiger partial charge in [0.1, 0.15) is 11.5 Å². The molecule has 1 unspecified atom stereocenters. The fourth-order valence-corrected chi connectivity index (χ4v) is 15.6. The number of carbonyl (C=O) groups excluding carboxylic acids is 1. The van der Waals surface area contributed by atoms with Crippen molar-refractivity contribution in [3.63, 3.8) is 0 Å². The third-order valence-electron chi connectivity index (χ3n) is 18.6. The van der Waals surface area contributed by atoms with Crippen molar-refractivity contribution in [3.05, 3.63) is 140 Å². The fourth-order valence-electron chi connectivity index (χ4n) is 15.6. The third kappa shape index (κ3) is 5.47. The molecule has 4 aliphatic carbocycles. The predicted octanol–water partition coefficient (Wildman–Crippen LogP) is 10.8. The second-order valence-corrected chi connectivity index (χ2v) is 21.0. The number of benzene rings is 4. The van der Waals surface area contributed by atoms with E-state index in [1.165, 1.54) is 46.1 Å². The van der Waals surface area contributed by atoms with Crippen molar-refractivity contribution in [3.8, 4) is 11.5 Å². The number of aromatic nitrogens is 2. The van der Waals surface area contributed by atoms with Gasteiger partial charge in [-0.25, -0.2) is 14.8 Å². The lowest BCUT2D eigenvalue weighted by molar-refractivity contribution is -0.0912. The molecule has 4 aliphatic heterocycles. The van der Waals surface area contributed by atoms with Crippen molar-refractivity contribution in [2.24, 2.45) is 10.8 Å².